The van der Waals surface area contributed by atoms with Crippen LogP contribution in [0.2, 0.25) is 0 Å². The van der Waals surface area contributed by atoms with Gasteiger partial charge in [0.2, 0.25) is 5.78 Å². The van der Waals surface area contributed by atoms with Gasteiger partial charge < -0.3 is 17.0 Å². The normalized spacial score (nSPS) is 15.0. The van der Waals surface area contributed by atoms with E-state index in [9.17, 15) is 4.79 Å². The summed E-state index contributed by atoms with van der Waals surface area (Å²) in [6.07, 6.45) is 0. The van der Waals surface area contributed by atoms with Gasteiger partial charge in [-0.3, -0.25) is 9.69 Å². The highest BCUT2D eigenvalue weighted by atomic mass is 79.9. The highest BCUT2D eigenvalue weighted by molar-refractivity contribution is 8.13. The first kappa shape index (κ1) is 17.4. The Bertz CT molecular complexity index is 629. The molecule has 2 aromatic rings. The average molecular weight is 397 g/mol. The number of rotatable bonds is 5. The molecule has 1 atom stereocenters. The number of hydrogen-bond donors (Lipinski definition) is 1. The predicted molar refractivity (Wildman–Crippen MR) is 89.4 cm³/mol. The number of carbonyl (C=O) groups excluding carboxylic acids is 1. The van der Waals surface area contributed by atoms with Gasteiger partial charge in [0.25, 0.3) is 5.17 Å². The Morgan fingerprint density at radius 3 is 2.64 bits per heavy atom. The van der Waals surface area contributed by atoms with E-state index in [1.165, 1.54) is 16.9 Å². The predicted octanol–water partition coefficient (Wildman–Crippen LogP) is -0.877. The van der Waals surface area contributed by atoms with Crippen molar-refractivity contribution in [3.63, 3.8) is 0 Å². The second-order valence-corrected chi connectivity index (χ2v) is 6.91. The summed E-state index contributed by atoms with van der Waals surface area (Å²) in [6, 6.07) is 14.1. The second kappa shape index (κ2) is 8.62. The first-order valence-electron chi connectivity index (χ1n) is 6.96. The number of Topliss-reactive ketones (excluding diaryl/α,β-unsaturated/α-hetero) is 1. The molecule has 3 rings (SSSR count). The molecule has 1 unspecified atom stereocenters. The van der Waals surface area contributed by atoms with Gasteiger partial charge in [0, 0.05) is 11.3 Å². The van der Waals surface area contributed by atoms with Crippen LogP contribution >= 0.6 is 23.1 Å². The summed E-state index contributed by atoms with van der Waals surface area (Å²) in [4.78, 5) is 18.9. The first-order valence-corrected chi connectivity index (χ1v) is 8.82. The summed E-state index contributed by atoms with van der Waals surface area (Å²) in [5.74, 6) is 1.23. The molecule has 1 aromatic carbocycles. The van der Waals surface area contributed by atoms with Crippen molar-refractivity contribution < 1.29 is 26.7 Å². The highest BCUT2D eigenvalue weighted by Crippen LogP contribution is 2.10. The molecular weight excluding hydrogens is 380 g/mol. The number of hydrogen-bond acceptors (Lipinski definition) is 4. The Morgan fingerprint density at radius 1 is 1.18 bits per heavy atom. The van der Waals surface area contributed by atoms with Crippen molar-refractivity contribution in [1.82, 2.24) is 0 Å². The van der Waals surface area contributed by atoms with E-state index in [0.717, 1.165) is 33.8 Å². The van der Waals surface area contributed by atoms with Crippen LogP contribution in [0.5, 0.6) is 0 Å². The molecule has 0 radical (unpaired) electrons. The minimum Gasteiger partial charge on any atom is -1.00 e. The first-order chi connectivity index (χ1) is 10.3. The summed E-state index contributed by atoms with van der Waals surface area (Å²) < 4.78 is 0. The van der Waals surface area contributed by atoms with Gasteiger partial charge in [-0.25, -0.2) is 4.99 Å². The average Bonchev–Trinajstić information content (AvgIpc) is 3.21. The van der Waals surface area contributed by atoms with Crippen LogP contribution in [0.4, 0.5) is 0 Å². The summed E-state index contributed by atoms with van der Waals surface area (Å²) in [6.45, 7) is 2.15. The Morgan fingerprint density at radius 2 is 2.00 bits per heavy atom. The van der Waals surface area contributed by atoms with Crippen LogP contribution in [0, 0.1) is 0 Å². The third-order valence-electron chi connectivity index (χ3n) is 3.32. The molecule has 116 valence electrons. The Labute approximate surface area is 149 Å². The van der Waals surface area contributed by atoms with Crippen molar-refractivity contribution in [3.8, 4) is 0 Å². The van der Waals surface area contributed by atoms with E-state index in [1.54, 1.807) is 11.8 Å². The molecule has 0 bridgehead atoms. The molecule has 3 nitrogen and oxygen atoms in total. The van der Waals surface area contributed by atoms with Crippen LogP contribution < -0.4 is 21.9 Å². The summed E-state index contributed by atoms with van der Waals surface area (Å²) in [7, 11) is 0. The smallest absolute Gasteiger partial charge is 0.258 e. The van der Waals surface area contributed by atoms with Gasteiger partial charge in [-0.15, -0.1) is 11.3 Å². The molecule has 0 saturated heterocycles. The summed E-state index contributed by atoms with van der Waals surface area (Å²) >= 11 is 3.29. The molecule has 1 aromatic heterocycles. The zero-order valence-electron chi connectivity index (χ0n) is 12.0. The van der Waals surface area contributed by atoms with Crippen LogP contribution in [0.25, 0.3) is 0 Å². The number of aliphatic imine (C=N–C) groups is 1. The van der Waals surface area contributed by atoms with Crippen molar-refractivity contribution in [1.29, 1.82) is 0 Å². The van der Waals surface area contributed by atoms with Crippen LogP contribution in [0.3, 0.4) is 0 Å². The Hall–Kier alpha value is -0.950. The third kappa shape index (κ3) is 4.52. The molecule has 0 aliphatic carbocycles. The van der Waals surface area contributed by atoms with Gasteiger partial charge in [0.05, 0.1) is 11.4 Å². The lowest BCUT2D eigenvalue weighted by Gasteiger charge is -2.17. The summed E-state index contributed by atoms with van der Waals surface area (Å²) in [5.41, 5.74) is 1.24. The number of halogens is 1. The maximum absolute atomic E-state index is 12.4. The number of quaternary nitrogens is 1. The van der Waals surface area contributed by atoms with E-state index in [2.05, 4.69) is 17.1 Å². The second-order valence-electron chi connectivity index (χ2n) is 4.88. The number of thioether (sulfide) groups is 1. The van der Waals surface area contributed by atoms with E-state index in [4.69, 9.17) is 0 Å². The molecule has 22 heavy (non-hydrogen) atoms. The number of carbonyl (C=O) groups is 1. The maximum atomic E-state index is 12.4. The van der Waals surface area contributed by atoms with Crippen molar-refractivity contribution >= 4 is 34.0 Å². The lowest BCUT2D eigenvalue weighted by molar-refractivity contribution is -0.806. The molecule has 0 fully saturated rings. The number of amidine groups is 1. The van der Waals surface area contributed by atoms with Crippen LogP contribution in [0.15, 0.2) is 52.8 Å². The van der Waals surface area contributed by atoms with Crippen LogP contribution in [-0.2, 0) is 6.54 Å². The van der Waals surface area contributed by atoms with Crippen molar-refractivity contribution in [2.75, 3.05) is 18.8 Å². The van der Waals surface area contributed by atoms with E-state index in [0.29, 0.717) is 6.54 Å². The number of benzene rings is 1. The van der Waals surface area contributed by atoms with Gasteiger partial charge in [-0.05, 0) is 23.2 Å². The standard InChI is InChI=1S/C16H16N2OS2.BrH/c19-14(15-7-4-9-20-15)12-18(16-17-8-10-21-16)11-13-5-2-1-3-6-13;/h1-7,9H,8,10-12H2;1H. The summed E-state index contributed by atoms with van der Waals surface area (Å²) in [5, 5.41) is 3.02. The molecule has 1 aliphatic rings. The zero-order valence-corrected chi connectivity index (χ0v) is 15.2. The monoisotopic (exact) mass is 396 g/mol. The van der Waals surface area contributed by atoms with Gasteiger partial charge in [0.15, 0.2) is 0 Å². The number of nitrogens with one attached hydrogen (secondary N) is 1. The number of nitrogens with zero attached hydrogens (tertiary/aromatic N) is 1. The van der Waals surface area contributed by atoms with Gasteiger partial charge in [0.1, 0.15) is 13.1 Å². The molecule has 0 saturated carbocycles. The van der Waals surface area contributed by atoms with Gasteiger partial charge >= 0.3 is 0 Å². The fraction of sp³-hybridized carbons (Fsp3) is 0.250. The topological polar surface area (TPSA) is 33.9 Å². The van der Waals surface area contributed by atoms with Crippen LogP contribution in [-0.4, -0.2) is 29.8 Å². The fourth-order valence-electron chi connectivity index (χ4n) is 2.32. The van der Waals surface area contributed by atoms with E-state index >= 15 is 0 Å². The minimum atomic E-state index is 0. The van der Waals surface area contributed by atoms with Gasteiger partial charge in [-0.1, -0.05) is 36.4 Å². The van der Waals surface area contributed by atoms with Gasteiger partial charge in [-0.2, -0.15) is 0 Å². The number of thiophene rings is 1. The number of ketones is 1. The maximum Gasteiger partial charge on any atom is 0.258 e. The lowest BCUT2D eigenvalue weighted by atomic mass is 10.2. The lowest BCUT2D eigenvalue weighted by Crippen LogP contribution is -3.13. The van der Waals surface area contributed by atoms with Crippen molar-refractivity contribution in [2.24, 2.45) is 4.99 Å². The van der Waals surface area contributed by atoms with E-state index in [-0.39, 0.29) is 22.8 Å². The molecule has 1 aliphatic heterocycles. The molecule has 6 heteroatoms. The SMILES string of the molecule is O=C(C[NH+](Cc1ccccc1)C1=NCCS1)c1cccs1.[Br-]. The van der Waals surface area contributed by atoms with Crippen molar-refractivity contribution in [3.05, 3.63) is 58.3 Å². The van der Waals surface area contributed by atoms with E-state index in [1.807, 2.05) is 35.7 Å². The molecular formula is C16H17BrN2OS2. The quantitative estimate of drug-likeness (QED) is 0.666. The van der Waals surface area contributed by atoms with Crippen LogP contribution in [0.1, 0.15) is 15.2 Å². The zero-order chi connectivity index (χ0) is 14.5. The Kier molecular flexibility index (Phi) is 6.82. The molecule has 0 spiro atoms. The minimum absolute atomic E-state index is 0. The third-order valence-corrected chi connectivity index (χ3v) is 5.31. The fourth-order valence-corrected chi connectivity index (χ4v) is 3.89. The Balaban J connectivity index is 0.00000176. The molecule has 2 heterocycles. The molecule has 1 N–H and O–H groups in total. The van der Waals surface area contributed by atoms with E-state index < -0.39 is 0 Å². The largest absolute Gasteiger partial charge is 1.00 e. The molecule has 0 amide bonds. The van der Waals surface area contributed by atoms with Crippen molar-refractivity contribution in [2.45, 2.75) is 6.54 Å². The highest BCUT2D eigenvalue weighted by Gasteiger charge is 2.25.